The average molecular weight is 742 g/mol. The zero-order valence-electron chi connectivity index (χ0n) is 30.4. The number of anilines is 5. The number of pyridine rings is 1. The van der Waals surface area contributed by atoms with E-state index in [0.29, 0.717) is 49.3 Å². The zero-order chi connectivity index (χ0) is 37.7. The van der Waals surface area contributed by atoms with Crippen molar-refractivity contribution < 1.29 is 23.5 Å². The highest BCUT2D eigenvalue weighted by atomic mass is 19.1. The molecular formula is C41H40FN9O4. The first-order chi connectivity index (χ1) is 26.7. The molecule has 55 heavy (non-hydrogen) atoms. The lowest BCUT2D eigenvalue weighted by Crippen LogP contribution is -2.62. The van der Waals surface area contributed by atoms with Gasteiger partial charge in [-0.25, -0.2) is 24.1 Å². The third kappa shape index (κ3) is 6.72. The normalized spacial score (nSPS) is 17.6. The van der Waals surface area contributed by atoms with Gasteiger partial charge in [-0.05, 0) is 78.9 Å². The Kier molecular flexibility index (Phi) is 8.67. The van der Waals surface area contributed by atoms with Gasteiger partial charge in [0.25, 0.3) is 0 Å². The number of carbonyl (C=O) groups is 3. The molecule has 2 aromatic heterocycles. The molecule has 4 aliphatic heterocycles. The van der Waals surface area contributed by atoms with E-state index in [0.717, 1.165) is 77.1 Å². The molecule has 3 fully saturated rings. The third-order valence-corrected chi connectivity index (χ3v) is 11.3. The summed E-state index contributed by atoms with van der Waals surface area (Å²) in [6.07, 6.45) is 5.75. The highest BCUT2D eigenvalue weighted by molar-refractivity contribution is 6.05. The first-order valence-corrected chi connectivity index (χ1v) is 18.6. The smallest absolute Gasteiger partial charge is 0.328 e. The van der Waals surface area contributed by atoms with Gasteiger partial charge < -0.3 is 25.2 Å². The second kappa shape index (κ2) is 13.8. The first kappa shape index (κ1) is 34.5. The highest BCUT2D eigenvalue weighted by Gasteiger charge is 2.46. The molecule has 5 aromatic rings. The summed E-state index contributed by atoms with van der Waals surface area (Å²) in [6, 6.07) is 18.2. The lowest BCUT2D eigenvalue weighted by molar-refractivity contribution is -0.144. The number of imide groups is 1. The molecule has 0 saturated carbocycles. The number of ether oxygens (including phenoxy) is 1. The van der Waals surface area contributed by atoms with Gasteiger partial charge in [-0.1, -0.05) is 18.2 Å². The maximum atomic E-state index is 15.4. The number of nitrogens with one attached hydrogen (secondary N) is 3. The molecule has 0 bridgehead atoms. The van der Waals surface area contributed by atoms with Gasteiger partial charge in [0.2, 0.25) is 23.6 Å². The molecule has 0 radical (unpaired) electrons. The molecule has 3 aromatic carbocycles. The van der Waals surface area contributed by atoms with E-state index in [4.69, 9.17) is 9.72 Å². The van der Waals surface area contributed by atoms with E-state index in [-0.39, 0.29) is 30.1 Å². The van der Waals surface area contributed by atoms with Gasteiger partial charge in [-0.15, -0.1) is 0 Å². The van der Waals surface area contributed by atoms with Crippen LogP contribution in [0.25, 0.3) is 22.0 Å². The highest BCUT2D eigenvalue weighted by Crippen LogP contribution is 2.42. The van der Waals surface area contributed by atoms with Gasteiger partial charge in [-0.3, -0.25) is 19.8 Å². The van der Waals surface area contributed by atoms with Gasteiger partial charge >= 0.3 is 6.03 Å². The van der Waals surface area contributed by atoms with Crippen molar-refractivity contribution in [3.8, 4) is 17.0 Å². The van der Waals surface area contributed by atoms with Crippen molar-refractivity contribution in [2.45, 2.75) is 32.6 Å². The number of nitrogens with zero attached hydrogens (tertiary/aromatic N) is 6. The fourth-order valence-electron chi connectivity index (χ4n) is 8.08. The SMILES string of the molecule is Cc1c(-c2ccc3cnc(Nc4ccc(CC(=O)N5CC6(CCN(c7ccc(N8CCC(=O)NC8=O)cc7)CC6)C5)c(F)c4)nc3c2)cnc2c1NCCO2. The lowest BCUT2D eigenvalue weighted by atomic mass is 9.71. The van der Waals surface area contributed by atoms with Crippen molar-refractivity contribution in [2.24, 2.45) is 5.41 Å². The van der Waals surface area contributed by atoms with Crippen molar-refractivity contribution in [3.05, 3.63) is 90.0 Å². The van der Waals surface area contributed by atoms with E-state index in [1.807, 2.05) is 60.5 Å². The zero-order valence-corrected chi connectivity index (χ0v) is 30.4. The molecule has 1 spiro atoms. The Hall–Kier alpha value is -6.31. The second-order valence-corrected chi connectivity index (χ2v) is 14.8. The maximum Gasteiger partial charge on any atom is 0.328 e. The van der Waals surface area contributed by atoms with Crippen LogP contribution in [0.15, 0.2) is 73.1 Å². The molecule has 14 heteroatoms. The largest absolute Gasteiger partial charge is 0.474 e. The standard InChI is InChI=1S/C41H40FN9O4/c1-25-32(22-44-38-37(25)43-13-17-55-38)26-2-3-28-21-45-39(47-34(28)18-26)46-29-5-4-27(33(42)20-29)19-36(53)50-23-41(24-50)11-15-49(16-12-41)30-6-8-31(9-7-30)51-14-10-35(52)48-40(51)54/h2-9,18,20-22,43H,10-17,19,23-24H2,1H3,(H,45,46,47)(H,48,52,54). The molecule has 0 atom stereocenters. The fraction of sp³-hybridized carbons (Fsp3) is 0.317. The predicted octanol–water partition coefficient (Wildman–Crippen LogP) is 5.81. The topological polar surface area (TPSA) is 145 Å². The van der Waals surface area contributed by atoms with Crippen molar-refractivity contribution in [2.75, 3.05) is 66.3 Å². The van der Waals surface area contributed by atoms with E-state index in [9.17, 15) is 14.4 Å². The quantitative estimate of drug-likeness (QED) is 0.187. The number of aromatic nitrogens is 3. The van der Waals surface area contributed by atoms with Gasteiger partial charge in [0.1, 0.15) is 18.1 Å². The van der Waals surface area contributed by atoms with Crippen LogP contribution in [0, 0.1) is 18.2 Å². The second-order valence-electron chi connectivity index (χ2n) is 14.8. The minimum atomic E-state index is -0.460. The number of likely N-dealkylation sites (tertiary alicyclic amines) is 1. The summed E-state index contributed by atoms with van der Waals surface area (Å²) < 4.78 is 21.0. The number of amides is 4. The van der Waals surface area contributed by atoms with E-state index in [1.54, 1.807) is 23.2 Å². The molecule has 3 N–H and O–H groups in total. The summed E-state index contributed by atoms with van der Waals surface area (Å²) in [5, 5.41) is 9.73. The van der Waals surface area contributed by atoms with Gasteiger partial charge in [0.05, 0.1) is 11.9 Å². The number of halogens is 1. The Labute approximate surface area is 316 Å². The van der Waals surface area contributed by atoms with E-state index in [2.05, 4.69) is 30.8 Å². The number of piperidine rings is 1. The van der Waals surface area contributed by atoms with Crippen LogP contribution in [0.4, 0.5) is 37.9 Å². The van der Waals surface area contributed by atoms with Crippen LogP contribution in [-0.4, -0.2) is 83.6 Å². The third-order valence-electron chi connectivity index (χ3n) is 11.3. The number of hydrogen-bond acceptors (Lipinski definition) is 10. The van der Waals surface area contributed by atoms with E-state index >= 15 is 4.39 Å². The van der Waals surface area contributed by atoms with Gasteiger partial charge in [-0.2, -0.15) is 0 Å². The molecule has 3 saturated heterocycles. The molecule has 0 unspecified atom stereocenters. The molecular weight excluding hydrogens is 702 g/mol. The molecule has 6 heterocycles. The predicted molar refractivity (Wildman–Crippen MR) is 207 cm³/mol. The number of carbonyl (C=O) groups excluding carboxylic acids is 3. The number of rotatable bonds is 7. The lowest BCUT2D eigenvalue weighted by Gasteiger charge is -2.54. The van der Waals surface area contributed by atoms with E-state index in [1.165, 1.54) is 6.07 Å². The van der Waals surface area contributed by atoms with Gasteiger partial charge in [0.15, 0.2) is 0 Å². The van der Waals surface area contributed by atoms with Crippen molar-refractivity contribution >= 4 is 57.4 Å². The number of hydrogen-bond donors (Lipinski definition) is 3. The van der Waals surface area contributed by atoms with E-state index < -0.39 is 11.8 Å². The number of urea groups is 1. The molecule has 4 aliphatic rings. The monoisotopic (exact) mass is 741 g/mol. The van der Waals surface area contributed by atoms with Crippen LogP contribution in [0.2, 0.25) is 0 Å². The van der Waals surface area contributed by atoms with Crippen LogP contribution in [0.5, 0.6) is 5.88 Å². The van der Waals surface area contributed by atoms with Crippen LogP contribution >= 0.6 is 0 Å². The van der Waals surface area contributed by atoms with Crippen LogP contribution in [0.3, 0.4) is 0 Å². The summed E-state index contributed by atoms with van der Waals surface area (Å²) >= 11 is 0. The van der Waals surface area contributed by atoms with Crippen LogP contribution in [0.1, 0.15) is 30.4 Å². The molecule has 4 amide bonds. The van der Waals surface area contributed by atoms with Crippen molar-refractivity contribution in [3.63, 3.8) is 0 Å². The summed E-state index contributed by atoms with van der Waals surface area (Å²) in [5.41, 5.74) is 7.38. The molecule has 0 aliphatic carbocycles. The van der Waals surface area contributed by atoms with Crippen LogP contribution < -0.4 is 30.5 Å². The molecule has 280 valence electrons. The molecule has 13 nitrogen and oxygen atoms in total. The first-order valence-electron chi connectivity index (χ1n) is 18.6. The Morgan fingerprint density at radius 3 is 2.55 bits per heavy atom. The average Bonchev–Trinajstić information content (AvgIpc) is 3.18. The minimum absolute atomic E-state index is 0.00225. The number of fused-ring (bicyclic) bond motifs is 2. The van der Waals surface area contributed by atoms with Crippen LogP contribution in [-0.2, 0) is 16.0 Å². The fourth-order valence-corrected chi connectivity index (χ4v) is 8.08. The maximum absolute atomic E-state index is 15.4. The summed E-state index contributed by atoms with van der Waals surface area (Å²) in [5.74, 6) is 0.161. The van der Waals surface area contributed by atoms with Gasteiger partial charge in [0, 0.05) is 91.5 Å². The Morgan fingerprint density at radius 2 is 1.76 bits per heavy atom. The molecule has 9 rings (SSSR count). The summed E-state index contributed by atoms with van der Waals surface area (Å²) in [6.45, 7) is 6.81. The number of benzene rings is 3. The minimum Gasteiger partial charge on any atom is -0.474 e. The van der Waals surface area contributed by atoms with Crippen molar-refractivity contribution in [1.82, 2.24) is 25.2 Å². The Balaban J connectivity index is 0.786. The Morgan fingerprint density at radius 1 is 0.964 bits per heavy atom. The Bertz CT molecular complexity index is 2340. The van der Waals surface area contributed by atoms with Crippen molar-refractivity contribution in [1.29, 1.82) is 0 Å². The summed E-state index contributed by atoms with van der Waals surface area (Å²) in [7, 11) is 0. The summed E-state index contributed by atoms with van der Waals surface area (Å²) in [4.78, 5) is 56.3.